The number of nitrogens with zero attached hydrogens (tertiary/aromatic N) is 3. The lowest BCUT2D eigenvalue weighted by Crippen LogP contribution is -2.53. The number of fused-ring (bicyclic) bond motifs is 1. The zero-order chi connectivity index (χ0) is 15.0. The highest BCUT2D eigenvalue weighted by atomic mass is 35.5. The van der Waals surface area contributed by atoms with E-state index in [-0.39, 0.29) is 5.91 Å². The van der Waals surface area contributed by atoms with E-state index < -0.39 is 0 Å². The van der Waals surface area contributed by atoms with Crippen molar-refractivity contribution in [3.8, 4) is 0 Å². The average molecular weight is 328 g/mol. The van der Waals surface area contributed by atoms with Crippen LogP contribution in [-0.2, 0) is 0 Å². The van der Waals surface area contributed by atoms with Crippen LogP contribution >= 0.6 is 23.2 Å². The molecule has 3 heterocycles. The molecule has 0 aliphatic carbocycles. The summed E-state index contributed by atoms with van der Waals surface area (Å²) in [4.78, 5) is 20.9. The summed E-state index contributed by atoms with van der Waals surface area (Å²) in [5.41, 5.74) is 0.458. The number of hydrogen-bond acceptors (Lipinski definition) is 3. The van der Waals surface area contributed by atoms with E-state index in [0.29, 0.717) is 27.7 Å². The minimum Gasteiger partial charge on any atom is -0.338 e. The van der Waals surface area contributed by atoms with Gasteiger partial charge < -0.3 is 9.80 Å². The third-order valence-electron chi connectivity index (χ3n) is 4.69. The summed E-state index contributed by atoms with van der Waals surface area (Å²) < 4.78 is 0. The Labute approximate surface area is 135 Å². The van der Waals surface area contributed by atoms with Crippen LogP contribution in [0.3, 0.4) is 0 Å². The van der Waals surface area contributed by atoms with Crippen molar-refractivity contribution in [2.24, 2.45) is 5.92 Å². The molecule has 1 amide bonds. The van der Waals surface area contributed by atoms with E-state index in [1.807, 2.05) is 4.90 Å². The summed E-state index contributed by atoms with van der Waals surface area (Å²) in [6, 6.07) is 2.17. The number of piperidine rings is 2. The molecule has 0 aromatic carbocycles. The normalized spacial score (nSPS) is 26.5. The molecule has 0 saturated carbocycles. The molecule has 3 rings (SSSR count). The average Bonchev–Trinajstić information content (AvgIpc) is 2.49. The van der Waals surface area contributed by atoms with Crippen LogP contribution in [0.4, 0.5) is 0 Å². The zero-order valence-corrected chi connectivity index (χ0v) is 13.6. The topological polar surface area (TPSA) is 36.4 Å². The minimum atomic E-state index is -0.0315. The first-order valence-corrected chi connectivity index (χ1v) is 8.12. The predicted molar refractivity (Wildman–Crippen MR) is 83.9 cm³/mol. The first kappa shape index (κ1) is 15.1. The second-order valence-corrected chi connectivity index (χ2v) is 6.77. The van der Waals surface area contributed by atoms with Crippen molar-refractivity contribution in [2.45, 2.75) is 25.3 Å². The molecule has 0 bridgehead atoms. The molecule has 2 atom stereocenters. The molecular weight excluding hydrogens is 309 g/mol. The van der Waals surface area contributed by atoms with Gasteiger partial charge in [0.15, 0.2) is 0 Å². The highest BCUT2D eigenvalue weighted by molar-refractivity contribution is 6.35. The Balaban J connectivity index is 1.76. The monoisotopic (exact) mass is 327 g/mol. The van der Waals surface area contributed by atoms with Gasteiger partial charge in [-0.25, -0.2) is 4.98 Å². The quantitative estimate of drug-likeness (QED) is 0.744. The van der Waals surface area contributed by atoms with Gasteiger partial charge in [0.25, 0.3) is 5.91 Å². The Morgan fingerprint density at radius 2 is 2.14 bits per heavy atom. The fraction of sp³-hybridized carbons (Fsp3) is 0.600. The number of rotatable bonds is 1. The van der Waals surface area contributed by atoms with E-state index in [2.05, 4.69) is 16.9 Å². The molecule has 2 aliphatic heterocycles. The molecule has 6 heteroatoms. The fourth-order valence-corrected chi connectivity index (χ4v) is 3.93. The van der Waals surface area contributed by atoms with Crippen molar-refractivity contribution in [2.75, 3.05) is 26.7 Å². The summed E-state index contributed by atoms with van der Waals surface area (Å²) in [5, 5.41) is 0.669. The van der Waals surface area contributed by atoms with Crippen molar-refractivity contribution >= 4 is 29.1 Å². The molecular formula is C15H19Cl2N3O. The Hall–Kier alpha value is -0.840. The lowest BCUT2D eigenvalue weighted by atomic mass is 9.84. The maximum absolute atomic E-state index is 12.7. The number of aromatic nitrogens is 1. The van der Waals surface area contributed by atoms with Gasteiger partial charge >= 0.3 is 0 Å². The number of hydrogen-bond donors (Lipinski definition) is 0. The fourth-order valence-electron chi connectivity index (χ4n) is 3.58. The molecule has 2 aliphatic rings. The van der Waals surface area contributed by atoms with Crippen molar-refractivity contribution in [1.29, 1.82) is 0 Å². The molecule has 1 aromatic rings. The van der Waals surface area contributed by atoms with Gasteiger partial charge in [-0.15, -0.1) is 0 Å². The van der Waals surface area contributed by atoms with E-state index in [9.17, 15) is 4.79 Å². The Bertz CT molecular complexity index is 552. The maximum Gasteiger partial charge on any atom is 0.255 e. The molecule has 21 heavy (non-hydrogen) atoms. The minimum absolute atomic E-state index is 0.0315. The molecule has 4 nitrogen and oxygen atoms in total. The van der Waals surface area contributed by atoms with Crippen LogP contribution in [-0.4, -0.2) is 53.4 Å². The summed E-state index contributed by atoms with van der Waals surface area (Å²) in [6.07, 6.45) is 4.88. The smallest absolute Gasteiger partial charge is 0.255 e. The number of carbonyl (C=O) groups is 1. The maximum atomic E-state index is 12.7. The van der Waals surface area contributed by atoms with Crippen molar-refractivity contribution in [1.82, 2.24) is 14.8 Å². The summed E-state index contributed by atoms with van der Waals surface area (Å²) in [6.45, 7) is 2.76. The standard InChI is InChI=1S/C15H19Cl2N3O/c1-19-5-2-3-10-9-20(6-4-13(10)19)15(21)11-7-14(17)18-8-12(11)16/h7-8,10,13H,2-6,9H2,1H3. The van der Waals surface area contributed by atoms with Gasteiger partial charge in [-0.3, -0.25) is 4.79 Å². The second-order valence-electron chi connectivity index (χ2n) is 5.98. The number of carbonyl (C=O) groups excluding carboxylic acids is 1. The summed E-state index contributed by atoms with van der Waals surface area (Å²) in [5.74, 6) is 0.536. The predicted octanol–water partition coefficient (Wildman–Crippen LogP) is 2.94. The van der Waals surface area contributed by atoms with Crippen LogP contribution < -0.4 is 0 Å². The van der Waals surface area contributed by atoms with Crippen LogP contribution in [0.5, 0.6) is 0 Å². The molecule has 0 N–H and O–H groups in total. The lowest BCUT2D eigenvalue weighted by Gasteiger charge is -2.46. The molecule has 0 spiro atoms. The van der Waals surface area contributed by atoms with Crippen molar-refractivity contribution in [3.05, 3.63) is 28.0 Å². The second kappa shape index (κ2) is 6.11. The number of likely N-dealkylation sites (tertiary alicyclic amines) is 2. The first-order valence-electron chi connectivity index (χ1n) is 7.37. The highest BCUT2D eigenvalue weighted by Gasteiger charge is 2.36. The summed E-state index contributed by atoms with van der Waals surface area (Å²) >= 11 is 12.0. The molecule has 2 saturated heterocycles. The van der Waals surface area contributed by atoms with Gasteiger partial charge in [0, 0.05) is 25.3 Å². The lowest BCUT2D eigenvalue weighted by molar-refractivity contribution is 0.0317. The van der Waals surface area contributed by atoms with Crippen LogP contribution in [0.25, 0.3) is 0 Å². The third kappa shape index (κ3) is 3.03. The van der Waals surface area contributed by atoms with E-state index in [1.165, 1.54) is 25.6 Å². The van der Waals surface area contributed by atoms with E-state index >= 15 is 0 Å². The Kier molecular flexibility index (Phi) is 4.38. The van der Waals surface area contributed by atoms with Crippen molar-refractivity contribution < 1.29 is 4.79 Å². The molecule has 2 fully saturated rings. The molecule has 0 radical (unpaired) electrons. The van der Waals surface area contributed by atoms with Gasteiger partial charge in [0.2, 0.25) is 0 Å². The van der Waals surface area contributed by atoms with Gasteiger partial charge in [-0.05, 0) is 44.8 Å². The van der Waals surface area contributed by atoms with E-state index in [1.54, 1.807) is 6.07 Å². The van der Waals surface area contributed by atoms with Crippen molar-refractivity contribution in [3.63, 3.8) is 0 Å². The van der Waals surface area contributed by atoms with Gasteiger partial charge in [0.1, 0.15) is 5.15 Å². The molecule has 2 unspecified atom stereocenters. The van der Waals surface area contributed by atoms with E-state index in [4.69, 9.17) is 23.2 Å². The number of amides is 1. The Morgan fingerprint density at radius 3 is 2.95 bits per heavy atom. The van der Waals surface area contributed by atoms with Crippen LogP contribution in [0.2, 0.25) is 10.2 Å². The molecule has 1 aromatic heterocycles. The van der Waals surface area contributed by atoms with Gasteiger partial charge in [0.05, 0.1) is 10.6 Å². The Morgan fingerprint density at radius 1 is 1.33 bits per heavy atom. The van der Waals surface area contributed by atoms with Gasteiger partial charge in [-0.1, -0.05) is 23.2 Å². The number of pyridine rings is 1. The van der Waals surface area contributed by atoms with Gasteiger partial charge in [-0.2, -0.15) is 0 Å². The van der Waals surface area contributed by atoms with Crippen LogP contribution in [0.15, 0.2) is 12.3 Å². The largest absolute Gasteiger partial charge is 0.338 e. The molecule has 114 valence electrons. The number of halogens is 2. The highest BCUT2D eigenvalue weighted by Crippen LogP contribution is 2.31. The SMILES string of the molecule is CN1CCCC2CN(C(=O)c3cc(Cl)ncc3Cl)CCC21. The zero-order valence-electron chi connectivity index (χ0n) is 12.1. The van der Waals surface area contributed by atoms with E-state index in [0.717, 1.165) is 19.5 Å². The summed E-state index contributed by atoms with van der Waals surface area (Å²) in [7, 11) is 2.19. The van der Waals surface area contributed by atoms with Crippen LogP contribution in [0, 0.1) is 5.92 Å². The third-order valence-corrected chi connectivity index (χ3v) is 5.19. The van der Waals surface area contributed by atoms with Crippen LogP contribution in [0.1, 0.15) is 29.6 Å². The first-order chi connectivity index (χ1) is 10.1.